The van der Waals surface area contributed by atoms with Crippen LogP contribution in [0.4, 0.5) is 0 Å². The summed E-state index contributed by atoms with van der Waals surface area (Å²) >= 11 is 0. The lowest BCUT2D eigenvalue weighted by molar-refractivity contribution is 0.334. The Kier molecular flexibility index (Phi) is 3.55. The maximum absolute atomic E-state index is 5.80. The largest absolute Gasteiger partial charge is 0.494 e. The quantitative estimate of drug-likeness (QED) is 0.881. The van der Waals surface area contributed by atoms with Crippen molar-refractivity contribution in [3.63, 3.8) is 0 Å². The van der Waals surface area contributed by atoms with Crippen LogP contribution in [0.5, 0.6) is 5.75 Å². The summed E-state index contributed by atoms with van der Waals surface area (Å²) in [6.07, 6.45) is 7.69. The third kappa shape index (κ3) is 2.14. The van der Waals surface area contributed by atoms with Gasteiger partial charge in [0.1, 0.15) is 5.75 Å². The summed E-state index contributed by atoms with van der Waals surface area (Å²) < 4.78 is 5.80. The number of ether oxygens (including phenoxy) is 1. The van der Waals surface area contributed by atoms with E-state index in [-0.39, 0.29) is 0 Å². The first kappa shape index (κ1) is 12.0. The van der Waals surface area contributed by atoms with E-state index >= 15 is 0 Å². The van der Waals surface area contributed by atoms with Gasteiger partial charge in [-0.15, -0.1) is 0 Å². The predicted octanol–water partition coefficient (Wildman–Crippen LogP) is 3.39. The minimum atomic E-state index is 0.590. The molecule has 1 aromatic rings. The smallest absolute Gasteiger partial charge is 0.122 e. The minimum absolute atomic E-state index is 0.590. The predicted molar refractivity (Wildman–Crippen MR) is 74.2 cm³/mol. The zero-order valence-corrected chi connectivity index (χ0v) is 11.3. The van der Waals surface area contributed by atoms with Gasteiger partial charge in [-0.05, 0) is 74.8 Å². The first-order valence-corrected chi connectivity index (χ1v) is 7.41. The molecule has 0 saturated carbocycles. The van der Waals surface area contributed by atoms with Crippen LogP contribution >= 0.6 is 0 Å². The highest BCUT2D eigenvalue weighted by Gasteiger charge is 2.24. The van der Waals surface area contributed by atoms with Crippen LogP contribution in [-0.4, -0.2) is 13.2 Å². The minimum Gasteiger partial charge on any atom is -0.494 e. The summed E-state index contributed by atoms with van der Waals surface area (Å²) in [5.74, 6) is 1.13. The van der Waals surface area contributed by atoms with Crippen LogP contribution in [0.15, 0.2) is 12.1 Å². The number of hydrogen-bond acceptors (Lipinski definition) is 2. The first-order valence-electron chi connectivity index (χ1n) is 7.41. The molecule has 0 radical (unpaired) electrons. The molecule has 0 unspecified atom stereocenters. The van der Waals surface area contributed by atoms with E-state index < -0.39 is 0 Å². The molecule has 0 amide bonds. The number of nitrogens with one attached hydrogen (secondary N) is 1. The van der Waals surface area contributed by atoms with Crippen molar-refractivity contribution in [3.8, 4) is 5.75 Å². The third-order valence-electron chi connectivity index (χ3n) is 4.26. The molecule has 1 saturated heterocycles. The van der Waals surface area contributed by atoms with Crippen LogP contribution < -0.4 is 10.1 Å². The molecular weight excluding hydrogens is 222 g/mol. The van der Waals surface area contributed by atoms with Crippen molar-refractivity contribution in [3.05, 3.63) is 28.8 Å². The van der Waals surface area contributed by atoms with E-state index in [1.807, 2.05) is 0 Å². The van der Waals surface area contributed by atoms with Gasteiger partial charge in [0, 0.05) is 6.04 Å². The molecule has 0 bridgehead atoms. The molecule has 18 heavy (non-hydrogen) atoms. The van der Waals surface area contributed by atoms with Gasteiger partial charge in [0.05, 0.1) is 6.61 Å². The molecule has 1 heterocycles. The van der Waals surface area contributed by atoms with Crippen molar-refractivity contribution in [2.24, 2.45) is 0 Å². The SMILES string of the molecule is CCOc1ccc([C@H]2CCCN2)c2c1CCCC2. The first-order chi connectivity index (χ1) is 8.90. The average Bonchev–Trinajstić information content (AvgIpc) is 2.93. The Bertz CT molecular complexity index is 421. The Morgan fingerprint density at radius 3 is 2.72 bits per heavy atom. The van der Waals surface area contributed by atoms with E-state index in [4.69, 9.17) is 4.74 Å². The highest BCUT2D eigenvalue weighted by Crippen LogP contribution is 2.36. The van der Waals surface area contributed by atoms with Gasteiger partial charge in [-0.25, -0.2) is 0 Å². The molecule has 2 nitrogen and oxygen atoms in total. The second-order valence-corrected chi connectivity index (χ2v) is 5.40. The molecule has 0 aromatic heterocycles. The van der Waals surface area contributed by atoms with Crippen LogP contribution in [0.2, 0.25) is 0 Å². The molecule has 1 aromatic carbocycles. The summed E-state index contributed by atoms with van der Waals surface area (Å²) in [5, 5.41) is 3.63. The molecule has 2 aliphatic rings. The maximum atomic E-state index is 5.80. The van der Waals surface area contributed by atoms with E-state index in [9.17, 15) is 0 Å². The van der Waals surface area contributed by atoms with Crippen LogP contribution in [0.25, 0.3) is 0 Å². The Hall–Kier alpha value is -1.02. The Morgan fingerprint density at radius 2 is 2.00 bits per heavy atom. The normalized spacial score (nSPS) is 22.8. The van der Waals surface area contributed by atoms with E-state index in [2.05, 4.69) is 24.4 Å². The van der Waals surface area contributed by atoms with E-state index in [1.54, 1.807) is 11.1 Å². The van der Waals surface area contributed by atoms with Gasteiger partial charge in [0.25, 0.3) is 0 Å². The number of rotatable bonds is 3. The van der Waals surface area contributed by atoms with Crippen LogP contribution in [0, 0.1) is 0 Å². The Balaban J connectivity index is 1.99. The molecule has 2 heteroatoms. The maximum Gasteiger partial charge on any atom is 0.122 e. The Morgan fingerprint density at radius 1 is 1.17 bits per heavy atom. The van der Waals surface area contributed by atoms with E-state index in [1.165, 1.54) is 50.6 Å². The Labute approximate surface area is 110 Å². The van der Waals surface area contributed by atoms with E-state index in [0.717, 1.165) is 12.4 Å². The lowest BCUT2D eigenvalue weighted by Crippen LogP contribution is -2.17. The molecular formula is C16H23NO. The fourth-order valence-electron chi connectivity index (χ4n) is 3.43. The zero-order valence-electron chi connectivity index (χ0n) is 11.3. The fraction of sp³-hybridized carbons (Fsp3) is 0.625. The van der Waals surface area contributed by atoms with Crippen molar-refractivity contribution in [1.29, 1.82) is 0 Å². The zero-order chi connectivity index (χ0) is 12.4. The summed E-state index contributed by atoms with van der Waals surface area (Å²) in [5.41, 5.74) is 4.63. The topological polar surface area (TPSA) is 21.3 Å². The summed E-state index contributed by atoms with van der Waals surface area (Å²) in [4.78, 5) is 0. The van der Waals surface area contributed by atoms with Crippen molar-refractivity contribution in [2.45, 2.75) is 51.5 Å². The molecule has 98 valence electrons. The highest BCUT2D eigenvalue weighted by molar-refractivity contribution is 5.48. The van der Waals surface area contributed by atoms with Crippen molar-refractivity contribution >= 4 is 0 Å². The third-order valence-corrected chi connectivity index (χ3v) is 4.26. The van der Waals surface area contributed by atoms with Crippen molar-refractivity contribution < 1.29 is 4.74 Å². The monoisotopic (exact) mass is 245 g/mol. The lowest BCUT2D eigenvalue weighted by Gasteiger charge is -2.25. The van der Waals surface area contributed by atoms with Crippen LogP contribution in [0.3, 0.4) is 0 Å². The van der Waals surface area contributed by atoms with Gasteiger partial charge in [0.15, 0.2) is 0 Å². The fourth-order valence-corrected chi connectivity index (χ4v) is 3.43. The van der Waals surface area contributed by atoms with Gasteiger partial charge in [-0.2, -0.15) is 0 Å². The second-order valence-electron chi connectivity index (χ2n) is 5.40. The average molecular weight is 245 g/mol. The van der Waals surface area contributed by atoms with Gasteiger partial charge >= 0.3 is 0 Å². The summed E-state index contributed by atoms with van der Waals surface area (Å²) in [6, 6.07) is 5.09. The molecule has 1 N–H and O–H groups in total. The van der Waals surface area contributed by atoms with Gasteiger partial charge < -0.3 is 10.1 Å². The highest BCUT2D eigenvalue weighted by atomic mass is 16.5. The number of hydrogen-bond donors (Lipinski definition) is 1. The van der Waals surface area contributed by atoms with Crippen molar-refractivity contribution in [1.82, 2.24) is 5.32 Å². The van der Waals surface area contributed by atoms with Gasteiger partial charge in [-0.3, -0.25) is 0 Å². The lowest BCUT2D eigenvalue weighted by atomic mass is 9.85. The summed E-state index contributed by atoms with van der Waals surface area (Å²) in [7, 11) is 0. The standard InChI is InChI=1S/C16H23NO/c1-2-18-16-10-9-13(15-8-5-11-17-15)12-6-3-4-7-14(12)16/h9-10,15,17H,2-8,11H2,1H3/t15-/m1/s1. The molecule has 1 atom stereocenters. The molecule has 1 fully saturated rings. The molecule has 1 aliphatic carbocycles. The molecule has 0 spiro atoms. The summed E-state index contributed by atoms with van der Waals surface area (Å²) in [6.45, 7) is 4.02. The van der Waals surface area contributed by atoms with E-state index in [0.29, 0.717) is 6.04 Å². The molecule has 3 rings (SSSR count). The van der Waals surface area contributed by atoms with Crippen LogP contribution in [-0.2, 0) is 12.8 Å². The van der Waals surface area contributed by atoms with Gasteiger partial charge in [0.2, 0.25) is 0 Å². The number of fused-ring (bicyclic) bond motifs is 1. The number of benzene rings is 1. The van der Waals surface area contributed by atoms with Crippen LogP contribution in [0.1, 0.15) is 55.3 Å². The van der Waals surface area contributed by atoms with Gasteiger partial charge in [-0.1, -0.05) is 6.07 Å². The van der Waals surface area contributed by atoms with Crippen molar-refractivity contribution in [2.75, 3.05) is 13.2 Å². The molecule has 1 aliphatic heterocycles. The second kappa shape index (κ2) is 5.31.